The van der Waals surface area contributed by atoms with Gasteiger partial charge in [-0.3, -0.25) is 4.79 Å². The fraction of sp³-hybridized carbons (Fsp3) is 0.423. The van der Waals surface area contributed by atoms with Gasteiger partial charge in [0, 0.05) is 18.3 Å². The molecule has 2 aromatic carbocycles. The first-order valence-electron chi connectivity index (χ1n) is 12.0. The molecule has 0 unspecified atom stereocenters. The fourth-order valence-electron chi connectivity index (χ4n) is 4.67. The van der Waals surface area contributed by atoms with Gasteiger partial charge in [0.2, 0.25) is 5.91 Å². The summed E-state index contributed by atoms with van der Waals surface area (Å²) in [5.74, 6) is 1.38. The van der Waals surface area contributed by atoms with Crippen LogP contribution in [-0.4, -0.2) is 45.2 Å². The second kappa shape index (κ2) is 10.8. The Labute approximate surface area is 208 Å². The van der Waals surface area contributed by atoms with Crippen molar-refractivity contribution in [2.75, 3.05) is 17.3 Å². The summed E-state index contributed by atoms with van der Waals surface area (Å²) in [5.41, 5.74) is 1.68. The van der Waals surface area contributed by atoms with Crippen LogP contribution in [-0.2, 0) is 29.1 Å². The van der Waals surface area contributed by atoms with Crippen molar-refractivity contribution in [2.45, 2.75) is 63.1 Å². The van der Waals surface area contributed by atoms with Crippen molar-refractivity contribution in [3.63, 3.8) is 0 Å². The maximum atomic E-state index is 13.7. The number of carbonyl (C=O) groups excluding carboxylic acids is 1. The Kier molecular flexibility index (Phi) is 7.34. The number of benzene rings is 2. The molecule has 0 aliphatic carbocycles. The summed E-state index contributed by atoms with van der Waals surface area (Å²) in [5, 5.41) is 9.42. The van der Waals surface area contributed by atoms with Crippen molar-refractivity contribution in [1.82, 2.24) is 14.8 Å². The minimum Gasteiger partial charge on any atom is -0.486 e. The number of halogens is 1. The molecule has 0 radical (unpaired) electrons. The van der Waals surface area contributed by atoms with E-state index in [1.807, 2.05) is 41.8 Å². The van der Waals surface area contributed by atoms with Crippen LogP contribution in [0.2, 0.25) is 0 Å². The largest absolute Gasteiger partial charge is 0.486 e. The number of aryl methyl sites for hydroxylation is 1. The lowest BCUT2D eigenvalue weighted by Gasteiger charge is -2.35. The molecule has 0 spiro atoms. The van der Waals surface area contributed by atoms with Gasteiger partial charge in [-0.1, -0.05) is 30.0 Å². The second-order valence-corrected chi connectivity index (χ2v) is 9.90. The van der Waals surface area contributed by atoms with Gasteiger partial charge in [-0.25, -0.2) is 4.39 Å². The molecule has 3 aromatic rings. The van der Waals surface area contributed by atoms with Crippen LogP contribution in [0, 0.1) is 5.82 Å². The number of anilines is 1. The van der Waals surface area contributed by atoms with Gasteiger partial charge >= 0.3 is 0 Å². The molecule has 7 nitrogen and oxygen atoms in total. The lowest BCUT2D eigenvalue weighted by atomic mass is 9.96. The van der Waals surface area contributed by atoms with Crippen LogP contribution in [0.3, 0.4) is 0 Å². The van der Waals surface area contributed by atoms with E-state index in [0.29, 0.717) is 17.5 Å². The SMILES string of the molecule is C[C@@H]1CCc2cc(F)ccc2N1C(=O)CSc1nnc(COc2ccccc2)n1C[C@@H]1CCCO1. The molecule has 1 fully saturated rings. The lowest BCUT2D eigenvalue weighted by Crippen LogP contribution is -2.43. The van der Waals surface area contributed by atoms with Crippen molar-refractivity contribution < 1.29 is 18.7 Å². The number of fused-ring (bicyclic) bond motifs is 1. The van der Waals surface area contributed by atoms with E-state index in [-0.39, 0.29) is 36.2 Å². The third-order valence-corrected chi connectivity index (χ3v) is 7.43. The Morgan fingerprint density at radius 2 is 2.06 bits per heavy atom. The Morgan fingerprint density at radius 3 is 2.86 bits per heavy atom. The molecule has 35 heavy (non-hydrogen) atoms. The second-order valence-electron chi connectivity index (χ2n) is 8.96. The highest BCUT2D eigenvalue weighted by molar-refractivity contribution is 7.99. The van der Waals surface area contributed by atoms with Crippen LogP contribution in [0.4, 0.5) is 10.1 Å². The lowest BCUT2D eigenvalue weighted by molar-refractivity contribution is -0.116. The molecule has 5 rings (SSSR count). The molecular weight excluding hydrogens is 467 g/mol. The summed E-state index contributed by atoms with van der Waals surface area (Å²) in [6.45, 7) is 3.70. The van der Waals surface area contributed by atoms with Gasteiger partial charge in [0.05, 0.1) is 18.4 Å². The zero-order valence-corrected chi connectivity index (χ0v) is 20.5. The summed E-state index contributed by atoms with van der Waals surface area (Å²) in [6.07, 6.45) is 3.70. The van der Waals surface area contributed by atoms with Crippen molar-refractivity contribution in [2.24, 2.45) is 0 Å². The fourth-order valence-corrected chi connectivity index (χ4v) is 5.49. The normalized spacial score (nSPS) is 19.5. The van der Waals surface area contributed by atoms with Crippen molar-refractivity contribution in [3.05, 3.63) is 65.7 Å². The van der Waals surface area contributed by atoms with Gasteiger partial charge in [0.15, 0.2) is 11.0 Å². The number of thioether (sulfide) groups is 1. The number of aromatic nitrogens is 3. The quantitative estimate of drug-likeness (QED) is 0.424. The Balaban J connectivity index is 1.31. The van der Waals surface area contributed by atoms with Crippen LogP contribution in [0.15, 0.2) is 53.7 Å². The number of amides is 1. The third-order valence-electron chi connectivity index (χ3n) is 6.48. The zero-order chi connectivity index (χ0) is 24.2. The van der Waals surface area contributed by atoms with Crippen LogP contribution in [0.25, 0.3) is 0 Å². The maximum Gasteiger partial charge on any atom is 0.237 e. The van der Waals surface area contributed by atoms with Gasteiger partial charge in [-0.2, -0.15) is 0 Å². The zero-order valence-electron chi connectivity index (χ0n) is 19.7. The molecule has 9 heteroatoms. The molecule has 1 aromatic heterocycles. The van der Waals surface area contributed by atoms with Gasteiger partial charge < -0.3 is 18.9 Å². The maximum absolute atomic E-state index is 13.7. The van der Waals surface area contributed by atoms with E-state index in [4.69, 9.17) is 9.47 Å². The molecule has 1 amide bonds. The van der Waals surface area contributed by atoms with Crippen LogP contribution < -0.4 is 9.64 Å². The highest BCUT2D eigenvalue weighted by Gasteiger charge is 2.29. The topological polar surface area (TPSA) is 69.5 Å². The summed E-state index contributed by atoms with van der Waals surface area (Å²) < 4.78 is 27.5. The monoisotopic (exact) mass is 496 g/mol. The molecule has 0 bridgehead atoms. The molecular formula is C26H29FN4O3S. The molecule has 184 valence electrons. The van der Waals surface area contributed by atoms with Crippen LogP contribution >= 0.6 is 11.8 Å². The number of hydrogen-bond donors (Lipinski definition) is 0. The standard InChI is InChI=1S/C26H29FN4O3S/c1-18-9-10-19-14-20(27)11-12-23(19)31(18)25(32)17-35-26-29-28-24(16-34-21-6-3-2-4-7-21)30(26)15-22-8-5-13-33-22/h2-4,6-7,11-12,14,18,22H,5,8-10,13,15-17H2,1H3/t18-,22+/m1/s1. The van der Waals surface area contributed by atoms with Crippen molar-refractivity contribution in [1.29, 1.82) is 0 Å². The Hall–Kier alpha value is -2.91. The van der Waals surface area contributed by atoms with Crippen LogP contribution in [0.5, 0.6) is 5.75 Å². The predicted octanol–water partition coefficient (Wildman–Crippen LogP) is 4.64. The average Bonchev–Trinajstić information content (AvgIpc) is 3.52. The van der Waals surface area contributed by atoms with Gasteiger partial charge in [-0.15, -0.1) is 10.2 Å². The van der Waals surface area contributed by atoms with E-state index in [1.54, 1.807) is 11.0 Å². The number of hydrogen-bond acceptors (Lipinski definition) is 6. The van der Waals surface area contributed by atoms with E-state index < -0.39 is 0 Å². The third kappa shape index (κ3) is 5.51. The van der Waals surface area contributed by atoms with E-state index in [2.05, 4.69) is 10.2 Å². The average molecular weight is 497 g/mol. The molecule has 0 N–H and O–H groups in total. The van der Waals surface area contributed by atoms with Gasteiger partial charge in [0.25, 0.3) is 0 Å². The smallest absolute Gasteiger partial charge is 0.237 e. The minimum atomic E-state index is -0.271. The molecule has 0 saturated carbocycles. The number of rotatable bonds is 8. The molecule has 2 aliphatic heterocycles. The summed E-state index contributed by atoms with van der Waals surface area (Å²) in [7, 11) is 0. The predicted molar refractivity (Wildman–Crippen MR) is 132 cm³/mol. The first-order chi connectivity index (χ1) is 17.1. The minimum absolute atomic E-state index is 0.0242. The summed E-state index contributed by atoms with van der Waals surface area (Å²) in [4.78, 5) is 15.1. The number of para-hydroxylation sites is 1. The van der Waals surface area contributed by atoms with Gasteiger partial charge in [-0.05, 0) is 68.5 Å². The van der Waals surface area contributed by atoms with Gasteiger partial charge in [0.1, 0.15) is 18.2 Å². The highest BCUT2D eigenvalue weighted by atomic mass is 32.2. The number of carbonyl (C=O) groups is 1. The highest BCUT2D eigenvalue weighted by Crippen LogP contribution is 2.32. The summed E-state index contributed by atoms with van der Waals surface area (Å²) in [6, 6.07) is 14.3. The van der Waals surface area contributed by atoms with E-state index in [9.17, 15) is 9.18 Å². The van der Waals surface area contributed by atoms with Crippen molar-refractivity contribution >= 4 is 23.4 Å². The Bertz CT molecular complexity index is 1170. The van der Waals surface area contributed by atoms with E-state index in [1.165, 1.54) is 23.9 Å². The number of nitrogens with zero attached hydrogens (tertiary/aromatic N) is 4. The molecule has 1 saturated heterocycles. The Morgan fingerprint density at radius 1 is 1.20 bits per heavy atom. The van der Waals surface area contributed by atoms with E-state index >= 15 is 0 Å². The number of ether oxygens (including phenoxy) is 2. The van der Waals surface area contributed by atoms with E-state index in [0.717, 1.165) is 49.3 Å². The summed E-state index contributed by atoms with van der Waals surface area (Å²) >= 11 is 1.37. The van der Waals surface area contributed by atoms with Crippen LogP contribution in [0.1, 0.15) is 37.6 Å². The molecule has 2 aliphatic rings. The molecule has 3 heterocycles. The molecule has 2 atom stereocenters. The first kappa shape index (κ1) is 23.8. The first-order valence-corrected chi connectivity index (χ1v) is 13.0. The van der Waals surface area contributed by atoms with Crippen molar-refractivity contribution in [3.8, 4) is 5.75 Å².